The summed E-state index contributed by atoms with van der Waals surface area (Å²) in [6.45, 7) is 1.72. The zero-order valence-corrected chi connectivity index (χ0v) is 15.3. The van der Waals surface area contributed by atoms with E-state index in [-0.39, 0.29) is 11.3 Å². The van der Waals surface area contributed by atoms with E-state index in [0.717, 1.165) is 0 Å². The number of rotatable bonds is 6. The van der Waals surface area contributed by atoms with Crippen LogP contribution in [0.25, 0.3) is 0 Å². The number of methoxy groups -OCH3 is 1. The number of aryl methyl sites for hydroxylation is 1. The van der Waals surface area contributed by atoms with Gasteiger partial charge in [-0.2, -0.15) is 5.10 Å². The fourth-order valence-electron chi connectivity index (χ4n) is 2.96. The molecule has 0 spiro atoms. The number of carbonyl (C=O) groups is 1. The fraction of sp³-hybridized carbons (Fsp3) is 0.375. The van der Waals surface area contributed by atoms with Gasteiger partial charge in [-0.3, -0.25) is 9.48 Å². The van der Waals surface area contributed by atoms with E-state index in [1.807, 2.05) is 0 Å². The van der Waals surface area contributed by atoms with E-state index in [1.54, 1.807) is 25.1 Å². The van der Waals surface area contributed by atoms with E-state index in [9.17, 15) is 13.6 Å². The summed E-state index contributed by atoms with van der Waals surface area (Å²) in [7, 11) is 2.93. The van der Waals surface area contributed by atoms with Crippen molar-refractivity contribution in [3.63, 3.8) is 0 Å². The predicted molar refractivity (Wildman–Crippen MR) is 91.3 cm³/mol. The molecule has 0 aliphatic carbocycles. The van der Waals surface area contributed by atoms with Gasteiger partial charge in [0.1, 0.15) is 5.69 Å². The van der Waals surface area contributed by atoms with E-state index in [1.165, 1.54) is 18.8 Å². The molecule has 0 fully saturated rings. The van der Waals surface area contributed by atoms with Gasteiger partial charge in [-0.05, 0) is 12.1 Å². The van der Waals surface area contributed by atoms with Crippen LogP contribution >= 0.6 is 23.2 Å². The van der Waals surface area contributed by atoms with Gasteiger partial charge in [-0.25, -0.2) is 8.78 Å². The highest BCUT2D eigenvalue weighted by Gasteiger charge is 2.33. The number of nitrogens with two attached hydrogens (primary N) is 1. The van der Waals surface area contributed by atoms with Crippen LogP contribution in [0.15, 0.2) is 18.2 Å². The average Bonchev–Trinajstić information content (AvgIpc) is 2.87. The summed E-state index contributed by atoms with van der Waals surface area (Å²) in [5.41, 5.74) is 5.24. The van der Waals surface area contributed by atoms with Crippen LogP contribution in [0.4, 0.5) is 8.78 Å². The minimum Gasteiger partial charge on any atom is -0.376 e. The van der Waals surface area contributed by atoms with Crippen LogP contribution in [-0.4, -0.2) is 22.8 Å². The molecule has 1 aromatic heterocycles. The van der Waals surface area contributed by atoms with Crippen molar-refractivity contribution < 1.29 is 18.3 Å². The number of nitrogens with zero attached hydrogens (tertiary/aromatic N) is 2. The monoisotopic (exact) mass is 391 g/mol. The van der Waals surface area contributed by atoms with Gasteiger partial charge in [0, 0.05) is 35.7 Å². The lowest BCUT2D eigenvalue weighted by molar-refractivity contribution is 0.0805. The highest BCUT2D eigenvalue weighted by molar-refractivity contribution is 6.35. The van der Waals surface area contributed by atoms with Crippen molar-refractivity contribution in [2.75, 3.05) is 7.11 Å². The first kappa shape index (κ1) is 19.6. The topological polar surface area (TPSA) is 70.1 Å². The molecule has 1 aromatic carbocycles. The van der Waals surface area contributed by atoms with E-state index < -0.39 is 30.0 Å². The Bertz CT molecular complexity index is 796. The molecule has 5 nitrogen and oxygen atoms in total. The summed E-state index contributed by atoms with van der Waals surface area (Å²) in [4.78, 5) is 11.8. The molecule has 2 atom stereocenters. The molecule has 0 saturated carbocycles. The maximum Gasteiger partial charge on any atom is 0.282 e. The average molecular weight is 392 g/mol. The summed E-state index contributed by atoms with van der Waals surface area (Å²) in [6, 6.07) is 4.88. The number of primary amides is 1. The highest BCUT2D eigenvalue weighted by atomic mass is 35.5. The lowest BCUT2D eigenvalue weighted by atomic mass is 9.91. The number of amides is 1. The van der Waals surface area contributed by atoms with Gasteiger partial charge >= 0.3 is 0 Å². The number of hydrogen-bond donors (Lipinski definition) is 1. The van der Waals surface area contributed by atoms with Crippen LogP contribution in [0, 0.1) is 0 Å². The number of hydrogen-bond acceptors (Lipinski definition) is 3. The number of aromatic nitrogens is 2. The van der Waals surface area contributed by atoms with Gasteiger partial charge in [0.25, 0.3) is 12.3 Å². The number of benzene rings is 1. The van der Waals surface area contributed by atoms with Gasteiger partial charge in [-0.15, -0.1) is 0 Å². The summed E-state index contributed by atoms with van der Waals surface area (Å²) in [5, 5.41) is 4.57. The number of ether oxygens (including phenoxy) is 1. The molecule has 2 rings (SSSR count). The Morgan fingerprint density at radius 2 is 2.00 bits per heavy atom. The molecular formula is C16H17Cl2F2N3O2. The first-order chi connectivity index (χ1) is 11.7. The third-order valence-corrected chi connectivity index (χ3v) is 4.54. The van der Waals surface area contributed by atoms with E-state index in [2.05, 4.69) is 5.10 Å². The minimum absolute atomic E-state index is 0.251. The van der Waals surface area contributed by atoms with Crippen molar-refractivity contribution in [1.29, 1.82) is 0 Å². The number of halogens is 4. The fourth-order valence-corrected chi connectivity index (χ4v) is 3.48. The Labute approximate surface area is 153 Å². The molecule has 25 heavy (non-hydrogen) atoms. The second kappa shape index (κ2) is 7.68. The maximum absolute atomic E-state index is 13.2. The molecule has 2 N–H and O–H groups in total. The molecular weight excluding hydrogens is 375 g/mol. The molecule has 2 unspecified atom stereocenters. The smallest absolute Gasteiger partial charge is 0.282 e. The van der Waals surface area contributed by atoms with Crippen molar-refractivity contribution in [3.05, 3.63) is 50.8 Å². The minimum atomic E-state index is -2.92. The van der Waals surface area contributed by atoms with E-state index in [0.29, 0.717) is 15.6 Å². The molecule has 9 heteroatoms. The third-order valence-electron chi connectivity index (χ3n) is 3.98. The predicted octanol–water partition coefficient (Wildman–Crippen LogP) is 4.25. The van der Waals surface area contributed by atoms with Crippen LogP contribution < -0.4 is 5.73 Å². The first-order valence-electron chi connectivity index (χ1n) is 7.31. The van der Waals surface area contributed by atoms with E-state index >= 15 is 0 Å². The maximum atomic E-state index is 13.2. The lowest BCUT2D eigenvalue weighted by Crippen LogP contribution is -2.20. The van der Waals surface area contributed by atoms with Gasteiger partial charge in [0.05, 0.1) is 17.4 Å². The van der Waals surface area contributed by atoms with Crippen molar-refractivity contribution >= 4 is 29.1 Å². The van der Waals surface area contributed by atoms with Gasteiger partial charge < -0.3 is 10.5 Å². The molecule has 1 heterocycles. The summed E-state index contributed by atoms with van der Waals surface area (Å²) < 4.78 is 33.2. The van der Waals surface area contributed by atoms with Gasteiger partial charge in [0.15, 0.2) is 0 Å². The van der Waals surface area contributed by atoms with Gasteiger partial charge in [-0.1, -0.05) is 36.2 Å². The molecule has 0 radical (unpaired) electrons. The summed E-state index contributed by atoms with van der Waals surface area (Å²) in [6.07, 6.45) is -3.54. The summed E-state index contributed by atoms with van der Waals surface area (Å²) in [5.74, 6) is -1.50. The molecule has 136 valence electrons. The van der Waals surface area contributed by atoms with Crippen molar-refractivity contribution in [3.8, 4) is 0 Å². The van der Waals surface area contributed by atoms with Crippen LogP contribution in [0.3, 0.4) is 0 Å². The van der Waals surface area contributed by atoms with Gasteiger partial charge in [0.2, 0.25) is 0 Å². The van der Waals surface area contributed by atoms with Crippen molar-refractivity contribution in [2.45, 2.75) is 25.4 Å². The Hall–Kier alpha value is -1.70. The molecule has 1 amide bonds. The quantitative estimate of drug-likeness (QED) is 0.799. The zero-order valence-electron chi connectivity index (χ0n) is 13.8. The van der Waals surface area contributed by atoms with E-state index in [4.69, 9.17) is 33.7 Å². The summed E-state index contributed by atoms with van der Waals surface area (Å²) >= 11 is 12.1. The SMILES string of the molecule is COC(c1ccc(Cl)cc1Cl)C(C)c1c(C(N)=O)c(C(F)F)nn1C. The first-order valence-corrected chi connectivity index (χ1v) is 8.07. The Morgan fingerprint density at radius 1 is 1.36 bits per heavy atom. The van der Waals surface area contributed by atoms with Crippen LogP contribution in [0.5, 0.6) is 0 Å². The standard InChI is InChI=1S/C16H17Cl2F2N3O2/c1-7(14(25-3)9-5-4-8(17)6-10(9)18)13-11(16(21)24)12(15(19)20)22-23(13)2/h4-7,14-15H,1-3H3,(H2,21,24). The number of alkyl halides is 2. The third kappa shape index (κ3) is 3.78. The molecule has 2 aromatic rings. The molecule has 0 aliphatic rings. The van der Waals surface area contributed by atoms with Crippen molar-refractivity contribution in [1.82, 2.24) is 9.78 Å². The Balaban J connectivity index is 2.58. The second-order valence-electron chi connectivity index (χ2n) is 5.54. The Kier molecular flexibility index (Phi) is 6.03. The second-order valence-corrected chi connectivity index (χ2v) is 6.39. The largest absolute Gasteiger partial charge is 0.376 e. The zero-order chi connectivity index (χ0) is 18.9. The molecule has 0 aliphatic heterocycles. The number of carbonyl (C=O) groups excluding carboxylic acids is 1. The lowest BCUT2D eigenvalue weighted by Gasteiger charge is -2.25. The van der Waals surface area contributed by atoms with Crippen molar-refractivity contribution in [2.24, 2.45) is 12.8 Å². The molecule has 0 saturated heterocycles. The van der Waals surface area contributed by atoms with Crippen LogP contribution in [0.1, 0.15) is 52.7 Å². The normalized spacial score (nSPS) is 13.9. The Morgan fingerprint density at radius 3 is 2.48 bits per heavy atom. The molecule has 0 bridgehead atoms. The van der Waals surface area contributed by atoms with Crippen LogP contribution in [0.2, 0.25) is 10.0 Å². The highest BCUT2D eigenvalue weighted by Crippen LogP contribution is 2.40. The van der Waals surface area contributed by atoms with Crippen LogP contribution in [-0.2, 0) is 11.8 Å².